The predicted molar refractivity (Wildman–Crippen MR) is 122 cm³/mol. The first-order valence-corrected chi connectivity index (χ1v) is 10.8. The average Bonchev–Trinajstić information content (AvgIpc) is 3.26. The van der Waals surface area contributed by atoms with Crippen LogP contribution in [0.3, 0.4) is 0 Å². The van der Waals surface area contributed by atoms with Crippen molar-refractivity contribution in [2.24, 2.45) is 0 Å². The minimum atomic E-state index is -0.0664. The quantitative estimate of drug-likeness (QED) is 0.336. The summed E-state index contributed by atoms with van der Waals surface area (Å²) in [5.41, 5.74) is 2.96. The van der Waals surface area contributed by atoms with E-state index in [9.17, 15) is 4.79 Å². The highest BCUT2D eigenvalue weighted by atomic mass is 32.2. The van der Waals surface area contributed by atoms with Gasteiger partial charge in [0.15, 0.2) is 0 Å². The van der Waals surface area contributed by atoms with Gasteiger partial charge in [-0.15, -0.1) is 0 Å². The molecule has 3 nitrogen and oxygen atoms in total. The van der Waals surface area contributed by atoms with Crippen molar-refractivity contribution in [3.63, 3.8) is 0 Å². The Bertz CT molecular complexity index is 1110. The van der Waals surface area contributed by atoms with Gasteiger partial charge in [0, 0.05) is 10.6 Å². The molecule has 0 bridgehead atoms. The summed E-state index contributed by atoms with van der Waals surface area (Å²) in [4.78, 5) is 19.2. The van der Waals surface area contributed by atoms with Gasteiger partial charge in [-0.05, 0) is 48.2 Å². The second-order valence-electron chi connectivity index (χ2n) is 6.22. The number of rotatable bonds is 2. The number of hydrogen-bond donors (Lipinski definition) is 0. The lowest BCUT2D eigenvalue weighted by molar-refractivity contribution is 0.268. The Balaban J connectivity index is 1.64. The summed E-state index contributed by atoms with van der Waals surface area (Å²) >= 11 is 8.62. The Labute approximate surface area is 177 Å². The Morgan fingerprint density at radius 2 is 1.25 bits per heavy atom. The van der Waals surface area contributed by atoms with E-state index in [1.807, 2.05) is 60.7 Å². The molecule has 1 fully saturated rings. The van der Waals surface area contributed by atoms with E-state index in [4.69, 9.17) is 12.2 Å². The first kappa shape index (κ1) is 17.6. The molecule has 2 aliphatic heterocycles. The van der Waals surface area contributed by atoms with Gasteiger partial charge in [-0.1, -0.05) is 72.5 Å². The van der Waals surface area contributed by atoms with Crippen molar-refractivity contribution in [2.75, 3.05) is 9.80 Å². The summed E-state index contributed by atoms with van der Waals surface area (Å²) in [6.07, 6.45) is 0. The molecule has 136 valence electrons. The Morgan fingerprint density at radius 3 is 1.93 bits per heavy atom. The zero-order valence-electron chi connectivity index (χ0n) is 14.6. The average molecular weight is 419 g/mol. The lowest BCUT2D eigenvalue weighted by Gasteiger charge is -2.22. The summed E-state index contributed by atoms with van der Waals surface area (Å²) in [5.74, 6) is 0. The maximum absolute atomic E-state index is 12.8. The fourth-order valence-electron chi connectivity index (χ4n) is 3.26. The first-order chi connectivity index (χ1) is 13.7. The Morgan fingerprint density at radius 1 is 0.679 bits per heavy atom. The van der Waals surface area contributed by atoms with Gasteiger partial charge in [0.1, 0.15) is 10.0 Å². The van der Waals surface area contributed by atoms with Crippen molar-refractivity contribution < 1.29 is 4.79 Å². The molecule has 0 aromatic heterocycles. The zero-order chi connectivity index (χ0) is 19.1. The van der Waals surface area contributed by atoms with Gasteiger partial charge in [0.2, 0.25) is 0 Å². The third kappa shape index (κ3) is 2.85. The van der Waals surface area contributed by atoms with E-state index in [2.05, 4.69) is 29.2 Å². The van der Waals surface area contributed by atoms with Crippen molar-refractivity contribution in [1.82, 2.24) is 0 Å². The standard InChI is InChI=1S/C22H14N2OS3/c25-22-24(16-11-5-2-6-12-16)20(26)19(28-22)21-23(15-9-3-1-4-10-15)17-13-7-8-14-18(17)27-21/h1-14H/b21-19-. The van der Waals surface area contributed by atoms with E-state index in [1.54, 1.807) is 16.7 Å². The highest BCUT2D eigenvalue weighted by molar-refractivity contribution is 8.20. The second-order valence-corrected chi connectivity index (χ2v) is 8.60. The summed E-state index contributed by atoms with van der Waals surface area (Å²) in [7, 11) is 0. The third-order valence-corrected chi connectivity index (χ3v) is 7.25. The van der Waals surface area contributed by atoms with E-state index in [0.717, 1.165) is 31.9 Å². The molecule has 2 heterocycles. The number of hydrogen-bond acceptors (Lipinski definition) is 5. The lowest BCUT2D eigenvalue weighted by atomic mass is 10.2. The molecule has 0 radical (unpaired) electrons. The van der Waals surface area contributed by atoms with Crippen LogP contribution < -0.4 is 9.80 Å². The topological polar surface area (TPSA) is 23.6 Å². The zero-order valence-corrected chi connectivity index (χ0v) is 17.1. The third-order valence-electron chi connectivity index (χ3n) is 4.51. The maximum Gasteiger partial charge on any atom is 0.296 e. The molecular weight excluding hydrogens is 404 g/mol. The first-order valence-electron chi connectivity index (χ1n) is 8.72. The van der Waals surface area contributed by atoms with Crippen LogP contribution in [0, 0.1) is 0 Å². The molecule has 0 saturated carbocycles. The highest BCUT2D eigenvalue weighted by Crippen LogP contribution is 2.54. The van der Waals surface area contributed by atoms with Crippen molar-refractivity contribution in [3.05, 3.63) is 94.9 Å². The molecule has 1 saturated heterocycles. The predicted octanol–water partition coefficient (Wildman–Crippen LogP) is 6.80. The lowest BCUT2D eigenvalue weighted by Crippen LogP contribution is -2.26. The van der Waals surface area contributed by atoms with Gasteiger partial charge in [0.25, 0.3) is 5.24 Å². The van der Waals surface area contributed by atoms with Crippen LogP contribution in [0.5, 0.6) is 0 Å². The number of nitrogens with zero attached hydrogens (tertiary/aromatic N) is 2. The fraction of sp³-hybridized carbons (Fsp3) is 0. The molecule has 5 rings (SSSR count). The largest absolute Gasteiger partial charge is 0.302 e. The van der Waals surface area contributed by atoms with E-state index >= 15 is 0 Å². The normalized spacial score (nSPS) is 18.7. The van der Waals surface area contributed by atoms with Gasteiger partial charge in [-0.3, -0.25) is 9.69 Å². The minimum absolute atomic E-state index is 0.0664. The molecule has 28 heavy (non-hydrogen) atoms. The van der Waals surface area contributed by atoms with Crippen LogP contribution in [0.25, 0.3) is 0 Å². The molecule has 0 unspecified atom stereocenters. The number of carbonyl (C=O) groups is 1. The number of amides is 1. The summed E-state index contributed by atoms with van der Waals surface area (Å²) in [6, 6.07) is 28.0. The number of thiocarbonyl (C=S) groups is 1. The number of carbonyl (C=O) groups excluding carboxylic acids is 1. The number of fused-ring (bicyclic) bond motifs is 1. The molecule has 0 atom stereocenters. The fourth-order valence-corrected chi connectivity index (χ4v) is 5.97. The molecule has 0 N–H and O–H groups in total. The number of para-hydroxylation sites is 3. The number of anilines is 3. The Kier molecular flexibility index (Phi) is 4.47. The van der Waals surface area contributed by atoms with Crippen molar-refractivity contribution in [2.45, 2.75) is 4.90 Å². The van der Waals surface area contributed by atoms with E-state index in [1.165, 1.54) is 11.8 Å². The molecule has 0 aliphatic carbocycles. The van der Waals surface area contributed by atoms with Gasteiger partial charge in [-0.2, -0.15) is 0 Å². The number of thioether (sulfide) groups is 2. The summed E-state index contributed by atoms with van der Waals surface area (Å²) in [5, 5.41) is 0.914. The smallest absolute Gasteiger partial charge is 0.296 e. The molecule has 6 heteroatoms. The van der Waals surface area contributed by atoms with Crippen LogP contribution in [0.4, 0.5) is 21.9 Å². The maximum atomic E-state index is 12.8. The van der Waals surface area contributed by atoms with Crippen LogP contribution in [-0.4, -0.2) is 10.2 Å². The monoisotopic (exact) mass is 418 g/mol. The van der Waals surface area contributed by atoms with E-state index < -0.39 is 0 Å². The molecular formula is C22H14N2OS3. The van der Waals surface area contributed by atoms with E-state index in [-0.39, 0.29) is 5.24 Å². The summed E-state index contributed by atoms with van der Waals surface area (Å²) in [6.45, 7) is 0. The molecule has 1 amide bonds. The van der Waals surface area contributed by atoms with Crippen LogP contribution in [-0.2, 0) is 0 Å². The molecule has 2 aliphatic rings. The van der Waals surface area contributed by atoms with Crippen LogP contribution >= 0.6 is 35.7 Å². The van der Waals surface area contributed by atoms with Gasteiger partial charge >= 0.3 is 0 Å². The van der Waals surface area contributed by atoms with Gasteiger partial charge in [-0.25, -0.2) is 0 Å². The minimum Gasteiger partial charge on any atom is -0.302 e. The highest BCUT2D eigenvalue weighted by Gasteiger charge is 2.39. The Hall–Kier alpha value is -2.54. The van der Waals surface area contributed by atoms with Crippen LogP contribution in [0.2, 0.25) is 0 Å². The van der Waals surface area contributed by atoms with Crippen molar-refractivity contribution in [1.29, 1.82) is 0 Å². The molecule has 3 aromatic carbocycles. The molecule has 3 aromatic rings. The number of benzene rings is 3. The second kappa shape index (κ2) is 7.13. The van der Waals surface area contributed by atoms with Gasteiger partial charge in [0.05, 0.1) is 16.3 Å². The van der Waals surface area contributed by atoms with Crippen LogP contribution in [0.15, 0.2) is 99.8 Å². The van der Waals surface area contributed by atoms with Gasteiger partial charge < -0.3 is 4.90 Å². The summed E-state index contributed by atoms with van der Waals surface area (Å²) < 4.78 is 0. The van der Waals surface area contributed by atoms with Crippen molar-refractivity contribution >= 4 is 63.0 Å². The van der Waals surface area contributed by atoms with Crippen molar-refractivity contribution in [3.8, 4) is 0 Å². The SMILES string of the molecule is O=C1S/C(=C2\Sc3ccccc3N2c2ccccc2)C(=S)N1c1ccccc1. The molecule has 0 spiro atoms. The van der Waals surface area contributed by atoms with Crippen LogP contribution in [0.1, 0.15) is 0 Å². The van der Waals surface area contributed by atoms with E-state index in [0.29, 0.717) is 4.99 Å².